The Hall–Kier alpha value is -3.46. The highest BCUT2D eigenvalue weighted by atomic mass is 16.7. The van der Waals surface area contributed by atoms with E-state index in [2.05, 4.69) is 49.0 Å². The number of benzene rings is 1. The zero-order valence-corrected chi connectivity index (χ0v) is 18.7. The van der Waals surface area contributed by atoms with Crippen LogP contribution in [0.15, 0.2) is 42.6 Å². The van der Waals surface area contributed by atoms with Gasteiger partial charge < -0.3 is 24.3 Å². The molecule has 1 atom stereocenters. The predicted octanol–water partition coefficient (Wildman–Crippen LogP) is 2.07. The van der Waals surface area contributed by atoms with E-state index >= 15 is 0 Å². The lowest BCUT2D eigenvalue weighted by atomic mass is 10.00. The fraction of sp³-hybridized carbons (Fsp3) is 0.417. The van der Waals surface area contributed by atoms with Crippen molar-refractivity contribution in [2.24, 2.45) is 5.92 Å². The molecule has 0 saturated carbocycles. The molecule has 0 fully saturated rings. The Morgan fingerprint density at radius 2 is 2.03 bits per heavy atom. The number of rotatable bonds is 7. The number of pyridine rings is 1. The first-order valence-corrected chi connectivity index (χ1v) is 11.4. The molecule has 1 unspecified atom stereocenters. The zero-order chi connectivity index (χ0) is 22.6. The number of nitrogens with one attached hydrogen (secondary N) is 1. The highest BCUT2D eigenvalue weighted by Gasteiger charge is 2.21. The van der Waals surface area contributed by atoms with Crippen LogP contribution in [0.4, 0.5) is 0 Å². The van der Waals surface area contributed by atoms with E-state index in [0.717, 1.165) is 62.2 Å². The van der Waals surface area contributed by atoms with Crippen molar-refractivity contribution in [2.45, 2.75) is 32.9 Å². The van der Waals surface area contributed by atoms with Crippen LogP contribution in [0, 0.1) is 5.92 Å². The number of nitrogens with zero attached hydrogens (tertiary/aromatic N) is 5. The van der Waals surface area contributed by atoms with Gasteiger partial charge in [-0.1, -0.05) is 19.1 Å². The van der Waals surface area contributed by atoms with E-state index in [9.17, 15) is 4.79 Å². The van der Waals surface area contributed by atoms with Gasteiger partial charge in [-0.25, -0.2) is 0 Å². The van der Waals surface area contributed by atoms with Gasteiger partial charge in [-0.2, -0.15) is 0 Å². The highest BCUT2D eigenvalue weighted by Crippen LogP contribution is 2.33. The molecule has 2 aromatic heterocycles. The number of hydrogen-bond donors (Lipinski definition) is 1. The van der Waals surface area contributed by atoms with Gasteiger partial charge in [0.1, 0.15) is 11.5 Å². The summed E-state index contributed by atoms with van der Waals surface area (Å²) < 4.78 is 13.1. The minimum absolute atomic E-state index is 0.208. The van der Waals surface area contributed by atoms with Crippen molar-refractivity contribution in [3.05, 3.63) is 65.5 Å². The smallest absolute Gasteiger partial charge is 0.270 e. The third kappa shape index (κ3) is 4.98. The molecule has 0 aliphatic carbocycles. The summed E-state index contributed by atoms with van der Waals surface area (Å²) in [5, 5.41) is 11.6. The van der Waals surface area contributed by atoms with Gasteiger partial charge in [0.05, 0.1) is 6.54 Å². The van der Waals surface area contributed by atoms with E-state index < -0.39 is 0 Å². The largest absolute Gasteiger partial charge is 0.454 e. The number of aromatic nitrogens is 4. The number of carbonyl (C=O) groups is 1. The molecule has 1 N–H and O–H groups in total. The monoisotopic (exact) mass is 448 g/mol. The van der Waals surface area contributed by atoms with Crippen LogP contribution >= 0.6 is 0 Å². The van der Waals surface area contributed by atoms with Gasteiger partial charge in [-0.3, -0.25) is 9.78 Å². The summed E-state index contributed by atoms with van der Waals surface area (Å²) in [7, 11) is 0. The van der Waals surface area contributed by atoms with E-state index in [0.29, 0.717) is 24.9 Å². The SMILES string of the molecule is CC(Cc1ccc2c(c1)OCO2)CN1CCc2nnc(CNC(=O)c3ccccn3)n2CC1. The normalized spacial score (nSPS) is 16.2. The minimum atomic E-state index is -0.208. The molecule has 4 heterocycles. The van der Waals surface area contributed by atoms with Crippen LogP contribution in [0.25, 0.3) is 0 Å². The minimum Gasteiger partial charge on any atom is -0.454 e. The Morgan fingerprint density at radius 3 is 2.91 bits per heavy atom. The lowest BCUT2D eigenvalue weighted by molar-refractivity contribution is 0.0944. The molecule has 33 heavy (non-hydrogen) atoms. The van der Waals surface area contributed by atoms with Crippen molar-refractivity contribution in [1.82, 2.24) is 30.0 Å². The first-order valence-electron chi connectivity index (χ1n) is 11.4. The van der Waals surface area contributed by atoms with Crippen molar-refractivity contribution in [3.63, 3.8) is 0 Å². The van der Waals surface area contributed by atoms with Gasteiger partial charge >= 0.3 is 0 Å². The van der Waals surface area contributed by atoms with Gasteiger partial charge in [-0.15, -0.1) is 10.2 Å². The second-order valence-corrected chi connectivity index (χ2v) is 8.63. The Morgan fingerprint density at radius 1 is 1.12 bits per heavy atom. The number of ether oxygens (including phenoxy) is 2. The van der Waals surface area contributed by atoms with E-state index in [4.69, 9.17) is 9.47 Å². The topological polar surface area (TPSA) is 94.4 Å². The first kappa shape index (κ1) is 21.4. The Labute approximate surface area is 192 Å². The van der Waals surface area contributed by atoms with Crippen LogP contribution in [0.5, 0.6) is 11.5 Å². The molecule has 0 spiro atoms. The second kappa shape index (κ2) is 9.58. The van der Waals surface area contributed by atoms with Crippen molar-refractivity contribution >= 4 is 5.91 Å². The number of hydrogen-bond acceptors (Lipinski definition) is 7. The Balaban J connectivity index is 1.14. The molecular weight excluding hydrogens is 420 g/mol. The maximum atomic E-state index is 12.3. The number of fused-ring (bicyclic) bond motifs is 2. The summed E-state index contributed by atoms with van der Waals surface area (Å²) in [4.78, 5) is 18.9. The summed E-state index contributed by atoms with van der Waals surface area (Å²) in [6.07, 6.45) is 3.45. The van der Waals surface area contributed by atoms with Crippen LogP contribution in [0.1, 0.15) is 34.6 Å². The Bertz CT molecular complexity index is 1120. The number of carbonyl (C=O) groups excluding carboxylic acids is 1. The van der Waals surface area contributed by atoms with Gasteiger partial charge in [0.15, 0.2) is 17.3 Å². The number of amides is 1. The van der Waals surface area contributed by atoms with E-state index in [1.54, 1.807) is 24.4 Å². The summed E-state index contributed by atoms with van der Waals surface area (Å²) >= 11 is 0. The molecule has 5 rings (SSSR count). The summed E-state index contributed by atoms with van der Waals surface area (Å²) in [5.41, 5.74) is 1.67. The fourth-order valence-electron chi connectivity index (χ4n) is 4.46. The summed E-state index contributed by atoms with van der Waals surface area (Å²) in [6, 6.07) is 11.5. The van der Waals surface area contributed by atoms with E-state index in [1.807, 2.05) is 6.07 Å². The summed E-state index contributed by atoms with van der Waals surface area (Å²) in [6.45, 7) is 6.63. The predicted molar refractivity (Wildman–Crippen MR) is 121 cm³/mol. The highest BCUT2D eigenvalue weighted by molar-refractivity contribution is 5.92. The lowest BCUT2D eigenvalue weighted by Crippen LogP contribution is -2.32. The average molecular weight is 449 g/mol. The molecule has 0 radical (unpaired) electrons. The third-order valence-corrected chi connectivity index (χ3v) is 6.09. The van der Waals surface area contributed by atoms with Gasteiger partial charge in [0.2, 0.25) is 6.79 Å². The van der Waals surface area contributed by atoms with Gasteiger partial charge in [0.25, 0.3) is 5.91 Å². The van der Waals surface area contributed by atoms with Crippen LogP contribution in [0.3, 0.4) is 0 Å². The van der Waals surface area contributed by atoms with Crippen LogP contribution in [-0.4, -0.2) is 57.0 Å². The third-order valence-electron chi connectivity index (χ3n) is 6.09. The molecule has 9 nitrogen and oxygen atoms in total. The molecular formula is C24H28N6O3. The van der Waals surface area contributed by atoms with Crippen LogP contribution < -0.4 is 14.8 Å². The van der Waals surface area contributed by atoms with Crippen LogP contribution in [0.2, 0.25) is 0 Å². The van der Waals surface area contributed by atoms with Crippen LogP contribution in [-0.2, 0) is 25.9 Å². The fourth-order valence-corrected chi connectivity index (χ4v) is 4.46. The second-order valence-electron chi connectivity index (χ2n) is 8.63. The van der Waals surface area contributed by atoms with Crippen molar-refractivity contribution in [3.8, 4) is 11.5 Å². The van der Waals surface area contributed by atoms with Gasteiger partial charge in [-0.05, 0) is 42.2 Å². The maximum absolute atomic E-state index is 12.3. The quantitative estimate of drug-likeness (QED) is 0.591. The molecule has 172 valence electrons. The molecule has 1 aromatic carbocycles. The van der Waals surface area contributed by atoms with Crippen molar-refractivity contribution in [1.29, 1.82) is 0 Å². The zero-order valence-electron chi connectivity index (χ0n) is 18.7. The molecule has 1 amide bonds. The van der Waals surface area contributed by atoms with Crippen molar-refractivity contribution in [2.75, 3.05) is 26.4 Å². The molecule has 0 saturated heterocycles. The standard InChI is InChI=1S/C24H28N6O3/c1-17(12-18-5-6-20-21(13-18)33-16-32-20)15-29-9-7-22-27-28-23(30(22)11-10-29)14-26-24(31)19-4-2-3-8-25-19/h2-6,8,13,17H,7,9-12,14-16H2,1H3,(H,26,31). The molecule has 3 aromatic rings. The van der Waals surface area contributed by atoms with Crippen molar-refractivity contribution < 1.29 is 14.3 Å². The molecule has 9 heteroatoms. The summed E-state index contributed by atoms with van der Waals surface area (Å²) in [5.74, 6) is 3.73. The maximum Gasteiger partial charge on any atom is 0.270 e. The molecule has 2 aliphatic heterocycles. The lowest BCUT2D eigenvalue weighted by Gasteiger charge is -2.24. The van der Waals surface area contributed by atoms with E-state index in [1.165, 1.54) is 5.56 Å². The molecule has 0 bridgehead atoms. The Kier molecular flexibility index (Phi) is 6.21. The van der Waals surface area contributed by atoms with E-state index in [-0.39, 0.29) is 5.91 Å². The first-order chi connectivity index (χ1) is 16.2. The average Bonchev–Trinajstić information content (AvgIpc) is 3.41. The van der Waals surface area contributed by atoms with Gasteiger partial charge in [0, 0.05) is 38.8 Å². The molecule has 2 aliphatic rings.